The smallest absolute Gasteiger partial charge is 0.417 e. The Bertz CT molecular complexity index is 710. The average Bonchev–Trinajstić information content (AvgIpc) is 2.52. The van der Waals surface area contributed by atoms with Gasteiger partial charge in [0.1, 0.15) is 6.61 Å². The Labute approximate surface area is 139 Å². The standard InChI is InChI=1S/C17H12BrF3O2/c18-15-8-6-12(10-14(15)17(19,20)21)7-9-16(22)23-11-13-4-2-1-3-5-13/h1-10H,11H2/b9-7+. The third kappa shape index (κ3) is 5.25. The molecule has 0 aliphatic carbocycles. The van der Waals surface area contributed by atoms with Crippen LogP contribution in [0.25, 0.3) is 6.08 Å². The predicted molar refractivity (Wildman–Crippen MR) is 84.4 cm³/mol. The molecule has 23 heavy (non-hydrogen) atoms. The average molecular weight is 385 g/mol. The molecule has 0 radical (unpaired) electrons. The highest BCUT2D eigenvalue weighted by atomic mass is 79.9. The molecule has 6 heteroatoms. The lowest BCUT2D eigenvalue weighted by molar-refractivity contribution is -0.139. The van der Waals surface area contributed by atoms with Crippen molar-refractivity contribution < 1.29 is 22.7 Å². The number of carbonyl (C=O) groups excluding carboxylic acids is 1. The Balaban J connectivity index is 2.01. The number of rotatable bonds is 4. The summed E-state index contributed by atoms with van der Waals surface area (Å²) in [5, 5.41) is 0. The lowest BCUT2D eigenvalue weighted by Gasteiger charge is -2.09. The number of esters is 1. The largest absolute Gasteiger partial charge is 0.458 e. The van der Waals surface area contributed by atoms with E-state index in [9.17, 15) is 18.0 Å². The molecule has 0 atom stereocenters. The molecule has 2 nitrogen and oxygen atoms in total. The van der Waals surface area contributed by atoms with Crippen molar-refractivity contribution in [3.63, 3.8) is 0 Å². The van der Waals surface area contributed by atoms with Crippen LogP contribution < -0.4 is 0 Å². The van der Waals surface area contributed by atoms with Crippen molar-refractivity contribution in [2.45, 2.75) is 12.8 Å². The first-order valence-electron chi connectivity index (χ1n) is 6.62. The maximum atomic E-state index is 12.8. The van der Waals surface area contributed by atoms with Crippen molar-refractivity contribution in [2.75, 3.05) is 0 Å². The third-order valence-corrected chi connectivity index (χ3v) is 3.62. The van der Waals surface area contributed by atoms with Gasteiger partial charge in [-0.25, -0.2) is 4.79 Å². The highest BCUT2D eigenvalue weighted by Crippen LogP contribution is 2.35. The summed E-state index contributed by atoms with van der Waals surface area (Å²) in [6, 6.07) is 12.8. The molecule has 120 valence electrons. The van der Waals surface area contributed by atoms with Crippen LogP contribution in [0.15, 0.2) is 59.1 Å². The van der Waals surface area contributed by atoms with E-state index in [1.807, 2.05) is 18.2 Å². The minimum absolute atomic E-state index is 0.0474. The van der Waals surface area contributed by atoms with E-state index in [0.717, 1.165) is 17.7 Å². The van der Waals surface area contributed by atoms with Gasteiger partial charge < -0.3 is 4.74 Å². The van der Waals surface area contributed by atoms with E-state index < -0.39 is 17.7 Å². The number of benzene rings is 2. The minimum atomic E-state index is -4.46. The van der Waals surface area contributed by atoms with Gasteiger partial charge in [0, 0.05) is 10.5 Å². The number of alkyl halides is 3. The van der Waals surface area contributed by atoms with Crippen molar-refractivity contribution in [3.05, 3.63) is 75.8 Å². The van der Waals surface area contributed by atoms with Gasteiger partial charge in [0.2, 0.25) is 0 Å². The van der Waals surface area contributed by atoms with Gasteiger partial charge in [-0.2, -0.15) is 13.2 Å². The molecule has 0 N–H and O–H groups in total. The number of hydrogen-bond acceptors (Lipinski definition) is 2. The van der Waals surface area contributed by atoms with Gasteiger partial charge in [0.05, 0.1) is 5.56 Å². The fraction of sp³-hybridized carbons (Fsp3) is 0.118. The lowest BCUT2D eigenvalue weighted by Crippen LogP contribution is -2.06. The summed E-state index contributed by atoms with van der Waals surface area (Å²) in [5.41, 5.74) is 0.298. The van der Waals surface area contributed by atoms with E-state index in [2.05, 4.69) is 15.9 Å². The van der Waals surface area contributed by atoms with E-state index in [0.29, 0.717) is 0 Å². The quantitative estimate of drug-likeness (QED) is 0.533. The topological polar surface area (TPSA) is 26.3 Å². The van der Waals surface area contributed by atoms with Crippen LogP contribution in [-0.2, 0) is 22.3 Å². The summed E-state index contributed by atoms with van der Waals surface area (Å²) in [6.45, 7) is 0.109. The van der Waals surface area contributed by atoms with Gasteiger partial charge in [-0.15, -0.1) is 0 Å². The number of hydrogen-bond donors (Lipinski definition) is 0. The number of ether oxygens (including phenoxy) is 1. The van der Waals surface area contributed by atoms with Crippen LogP contribution in [0.5, 0.6) is 0 Å². The number of halogens is 4. The molecule has 0 bridgehead atoms. The Kier molecular flexibility index (Phi) is 5.60. The van der Waals surface area contributed by atoms with Crippen molar-refractivity contribution in [1.29, 1.82) is 0 Å². The summed E-state index contributed by atoms with van der Waals surface area (Å²) in [6.07, 6.45) is -2.07. The second-order valence-electron chi connectivity index (χ2n) is 4.66. The summed E-state index contributed by atoms with van der Waals surface area (Å²) in [5.74, 6) is -0.620. The van der Waals surface area contributed by atoms with Crippen molar-refractivity contribution in [1.82, 2.24) is 0 Å². The Morgan fingerprint density at radius 3 is 2.48 bits per heavy atom. The fourth-order valence-electron chi connectivity index (χ4n) is 1.80. The Morgan fingerprint density at radius 2 is 1.83 bits per heavy atom. The van der Waals surface area contributed by atoms with Crippen molar-refractivity contribution in [2.24, 2.45) is 0 Å². The highest BCUT2D eigenvalue weighted by Gasteiger charge is 2.32. The first kappa shape index (κ1) is 17.3. The molecule has 0 amide bonds. The van der Waals surface area contributed by atoms with Crippen LogP contribution in [0.1, 0.15) is 16.7 Å². The van der Waals surface area contributed by atoms with E-state index >= 15 is 0 Å². The van der Waals surface area contributed by atoms with Gasteiger partial charge in [0.15, 0.2) is 0 Å². The summed E-state index contributed by atoms with van der Waals surface area (Å²) in [4.78, 5) is 11.6. The van der Waals surface area contributed by atoms with E-state index in [1.165, 1.54) is 18.2 Å². The monoisotopic (exact) mass is 384 g/mol. The summed E-state index contributed by atoms with van der Waals surface area (Å²) in [7, 11) is 0. The van der Waals surface area contributed by atoms with Gasteiger partial charge in [-0.05, 0) is 29.3 Å². The zero-order chi connectivity index (χ0) is 16.9. The molecule has 0 saturated heterocycles. The molecule has 0 aliphatic rings. The second kappa shape index (κ2) is 7.46. The van der Waals surface area contributed by atoms with Gasteiger partial charge in [0.25, 0.3) is 0 Å². The zero-order valence-corrected chi connectivity index (χ0v) is 13.4. The van der Waals surface area contributed by atoms with Crippen molar-refractivity contribution >= 4 is 28.0 Å². The zero-order valence-electron chi connectivity index (χ0n) is 11.8. The molecule has 2 aromatic carbocycles. The van der Waals surface area contributed by atoms with Crippen LogP contribution in [-0.4, -0.2) is 5.97 Å². The van der Waals surface area contributed by atoms with Crippen LogP contribution in [0.2, 0.25) is 0 Å². The first-order chi connectivity index (χ1) is 10.9. The molecule has 0 fully saturated rings. The highest BCUT2D eigenvalue weighted by molar-refractivity contribution is 9.10. The minimum Gasteiger partial charge on any atom is -0.458 e. The summed E-state index contributed by atoms with van der Waals surface area (Å²) >= 11 is 2.86. The molecule has 0 heterocycles. The molecule has 0 unspecified atom stereocenters. The van der Waals surface area contributed by atoms with Crippen LogP contribution >= 0.6 is 15.9 Å². The molecular formula is C17H12BrF3O2. The Morgan fingerprint density at radius 1 is 1.13 bits per heavy atom. The molecular weight excluding hydrogens is 373 g/mol. The van der Waals surface area contributed by atoms with Crippen LogP contribution in [0.3, 0.4) is 0 Å². The predicted octanol–water partition coefficient (Wildman–Crippen LogP) is 5.22. The van der Waals surface area contributed by atoms with Gasteiger partial charge >= 0.3 is 12.1 Å². The lowest BCUT2D eigenvalue weighted by atomic mass is 10.1. The second-order valence-corrected chi connectivity index (χ2v) is 5.52. The maximum Gasteiger partial charge on any atom is 0.417 e. The Hall–Kier alpha value is -2.08. The SMILES string of the molecule is O=C(/C=C/c1ccc(Br)c(C(F)(F)F)c1)OCc1ccccc1. The molecule has 2 rings (SSSR count). The van der Waals surface area contributed by atoms with E-state index in [4.69, 9.17) is 4.74 Å². The van der Waals surface area contributed by atoms with Crippen molar-refractivity contribution in [3.8, 4) is 0 Å². The molecule has 0 aliphatic heterocycles. The normalized spacial score (nSPS) is 11.7. The van der Waals surface area contributed by atoms with Crippen LogP contribution in [0.4, 0.5) is 13.2 Å². The first-order valence-corrected chi connectivity index (χ1v) is 7.41. The van der Waals surface area contributed by atoms with E-state index in [-0.39, 0.29) is 16.6 Å². The maximum absolute atomic E-state index is 12.8. The fourth-order valence-corrected chi connectivity index (χ4v) is 2.28. The van der Waals surface area contributed by atoms with Crippen LogP contribution in [0, 0.1) is 0 Å². The number of carbonyl (C=O) groups is 1. The molecule has 2 aromatic rings. The molecule has 0 spiro atoms. The molecule has 0 aromatic heterocycles. The molecule has 0 saturated carbocycles. The van der Waals surface area contributed by atoms with E-state index in [1.54, 1.807) is 12.1 Å². The van der Waals surface area contributed by atoms with Gasteiger partial charge in [-0.3, -0.25) is 0 Å². The van der Waals surface area contributed by atoms with Gasteiger partial charge in [-0.1, -0.05) is 52.3 Å². The summed E-state index contributed by atoms with van der Waals surface area (Å²) < 4.78 is 43.3. The third-order valence-electron chi connectivity index (χ3n) is 2.93.